The SMILES string of the molecule is CC(C)C(N)C(=O)c1cccc2cccnc12. The molecule has 3 nitrogen and oxygen atoms in total. The highest BCUT2D eigenvalue weighted by Crippen LogP contribution is 2.18. The molecule has 1 unspecified atom stereocenters. The molecule has 0 saturated carbocycles. The Kier molecular flexibility index (Phi) is 3.20. The van der Waals surface area contributed by atoms with E-state index in [0.29, 0.717) is 5.56 Å². The summed E-state index contributed by atoms with van der Waals surface area (Å²) in [5.41, 5.74) is 7.25. The van der Waals surface area contributed by atoms with Gasteiger partial charge < -0.3 is 5.73 Å². The number of benzene rings is 1. The van der Waals surface area contributed by atoms with Gasteiger partial charge in [0.15, 0.2) is 5.78 Å². The minimum Gasteiger partial charge on any atom is -0.321 e. The summed E-state index contributed by atoms with van der Waals surface area (Å²) in [6, 6.07) is 8.94. The number of carbonyl (C=O) groups is 1. The van der Waals surface area contributed by atoms with Crippen LogP contribution in [0.5, 0.6) is 0 Å². The minimum atomic E-state index is -0.470. The molecule has 0 fully saturated rings. The van der Waals surface area contributed by atoms with Gasteiger partial charge in [0.25, 0.3) is 0 Å². The van der Waals surface area contributed by atoms with E-state index in [2.05, 4.69) is 4.98 Å². The van der Waals surface area contributed by atoms with Gasteiger partial charge in [0, 0.05) is 17.1 Å². The predicted octanol–water partition coefficient (Wildman–Crippen LogP) is 2.40. The smallest absolute Gasteiger partial charge is 0.181 e. The second kappa shape index (κ2) is 4.63. The van der Waals surface area contributed by atoms with Crippen molar-refractivity contribution < 1.29 is 4.79 Å². The van der Waals surface area contributed by atoms with E-state index in [1.165, 1.54) is 0 Å². The summed E-state index contributed by atoms with van der Waals surface area (Å²) < 4.78 is 0. The standard InChI is InChI=1S/C14H16N2O/c1-9(2)12(15)14(17)11-7-3-5-10-6-4-8-16-13(10)11/h3-9,12H,15H2,1-2H3. The fourth-order valence-corrected chi connectivity index (χ4v) is 1.79. The molecule has 2 rings (SSSR count). The topological polar surface area (TPSA) is 56.0 Å². The average Bonchev–Trinajstić information content (AvgIpc) is 2.36. The number of aromatic nitrogens is 1. The number of Topliss-reactive ketones (excluding diaryl/α,β-unsaturated/α-hetero) is 1. The third-order valence-electron chi connectivity index (χ3n) is 2.92. The van der Waals surface area contributed by atoms with Crippen LogP contribution in [0.2, 0.25) is 0 Å². The third kappa shape index (κ3) is 2.19. The number of nitrogens with zero attached hydrogens (tertiary/aromatic N) is 1. The van der Waals surface area contributed by atoms with Crippen LogP contribution in [0.3, 0.4) is 0 Å². The first-order chi connectivity index (χ1) is 8.11. The van der Waals surface area contributed by atoms with Crippen LogP contribution in [0.25, 0.3) is 10.9 Å². The van der Waals surface area contributed by atoms with E-state index in [4.69, 9.17) is 5.73 Å². The highest BCUT2D eigenvalue weighted by Gasteiger charge is 2.20. The molecule has 1 aromatic heterocycles. The lowest BCUT2D eigenvalue weighted by molar-refractivity contribution is 0.0942. The zero-order valence-corrected chi connectivity index (χ0v) is 10.1. The predicted molar refractivity (Wildman–Crippen MR) is 68.9 cm³/mol. The monoisotopic (exact) mass is 228 g/mol. The molecule has 1 aromatic carbocycles. The number of fused-ring (bicyclic) bond motifs is 1. The van der Waals surface area contributed by atoms with Gasteiger partial charge in [-0.3, -0.25) is 9.78 Å². The van der Waals surface area contributed by atoms with Crippen LogP contribution in [-0.4, -0.2) is 16.8 Å². The maximum Gasteiger partial charge on any atom is 0.181 e. The van der Waals surface area contributed by atoms with E-state index in [1.54, 1.807) is 12.3 Å². The van der Waals surface area contributed by atoms with E-state index in [9.17, 15) is 4.79 Å². The average molecular weight is 228 g/mol. The first-order valence-electron chi connectivity index (χ1n) is 5.75. The number of hydrogen-bond donors (Lipinski definition) is 1. The van der Waals surface area contributed by atoms with Gasteiger partial charge in [-0.05, 0) is 18.1 Å². The molecule has 0 bridgehead atoms. The summed E-state index contributed by atoms with van der Waals surface area (Å²) >= 11 is 0. The molecule has 88 valence electrons. The Balaban J connectivity index is 2.52. The van der Waals surface area contributed by atoms with Crippen molar-refractivity contribution in [2.45, 2.75) is 19.9 Å². The van der Waals surface area contributed by atoms with E-state index in [-0.39, 0.29) is 11.7 Å². The summed E-state index contributed by atoms with van der Waals surface area (Å²) in [6.45, 7) is 3.89. The lowest BCUT2D eigenvalue weighted by Gasteiger charge is -2.15. The van der Waals surface area contributed by atoms with E-state index in [0.717, 1.165) is 10.9 Å². The van der Waals surface area contributed by atoms with Crippen LogP contribution in [0.15, 0.2) is 36.5 Å². The summed E-state index contributed by atoms with van der Waals surface area (Å²) in [5, 5.41) is 0.967. The zero-order valence-electron chi connectivity index (χ0n) is 10.1. The van der Waals surface area contributed by atoms with E-state index < -0.39 is 6.04 Å². The minimum absolute atomic E-state index is 0.0377. The van der Waals surface area contributed by atoms with Crippen LogP contribution >= 0.6 is 0 Å². The van der Waals surface area contributed by atoms with Crippen LogP contribution < -0.4 is 5.73 Å². The van der Waals surface area contributed by atoms with Crippen molar-refractivity contribution in [3.05, 3.63) is 42.1 Å². The molecular formula is C14H16N2O. The summed E-state index contributed by atoms with van der Waals surface area (Å²) in [4.78, 5) is 16.5. The molecule has 0 aliphatic rings. The van der Waals surface area contributed by atoms with Crippen LogP contribution in [-0.2, 0) is 0 Å². The Bertz CT molecular complexity index is 543. The molecule has 2 N–H and O–H groups in total. The Labute approximate surface area is 101 Å². The number of ketones is 1. The van der Waals surface area contributed by atoms with Gasteiger partial charge in [-0.1, -0.05) is 32.0 Å². The Morgan fingerprint density at radius 3 is 2.65 bits per heavy atom. The zero-order chi connectivity index (χ0) is 12.4. The second-order valence-corrected chi connectivity index (χ2v) is 4.51. The Morgan fingerprint density at radius 1 is 1.24 bits per heavy atom. The highest BCUT2D eigenvalue weighted by atomic mass is 16.1. The molecule has 17 heavy (non-hydrogen) atoms. The van der Waals surface area contributed by atoms with Crippen molar-refractivity contribution >= 4 is 16.7 Å². The molecule has 0 radical (unpaired) electrons. The van der Waals surface area contributed by atoms with Gasteiger partial charge in [-0.2, -0.15) is 0 Å². The second-order valence-electron chi connectivity index (χ2n) is 4.51. The van der Waals surface area contributed by atoms with Gasteiger partial charge in [0.2, 0.25) is 0 Å². The van der Waals surface area contributed by atoms with E-state index in [1.807, 2.05) is 38.1 Å². The number of hydrogen-bond acceptors (Lipinski definition) is 3. The summed E-state index contributed by atoms with van der Waals surface area (Å²) in [5.74, 6) is 0.0887. The summed E-state index contributed by atoms with van der Waals surface area (Å²) in [7, 11) is 0. The van der Waals surface area contributed by atoms with Crippen molar-refractivity contribution in [2.24, 2.45) is 11.7 Å². The normalized spacial score (nSPS) is 12.9. The maximum atomic E-state index is 12.2. The number of carbonyl (C=O) groups excluding carboxylic acids is 1. The number of nitrogens with two attached hydrogens (primary N) is 1. The fourth-order valence-electron chi connectivity index (χ4n) is 1.79. The lowest BCUT2D eigenvalue weighted by atomic mass is 9.94. The molecule has 0 saturated heterocycles. The molecular weight excluding hydrogens is 212 g/mol. The van der Waals surface area contributed by atoms with E-state index >= 15 is 0 Å². The molecule has 2 aromatic rings. The van der Waals surface area contributed by atoms with Gasteiger partial charge in [0.1, 0.15) is 0 Å². The Morgan fingerprint density at radius 2 is 1.94 bits per heavy atom. The summed E-state index contributed by atoms with van der Waals surface area (Å²) in [6.07, 6.45) is 1.69. The third-order valence-corrected chi connectivity index (χ3v) is 2.92. The first kappa shape index (κ1) is 11.7. The number of rotatable bonds is 3. The first-order valence-corrected chi connectivity index (χ1v) is 5.75. The fraction of sp³-hybridized carbons (Fsp3) is 0.286. The molecule has 1 heterocycles. The van der Waals surface area contributed by atoms with Gasteiger partial charge >= 0.3 is 0 Å². The largest absolute Gasteiger partial charge is 0.321 e. The number of pyridine rings is 1. The molecule has 0 amide bonds. The van der Waals surface area contributed by atoms with Crippen molar-refractivity contribution in [2.75, 3.05) is 0 Å². The van der Waals surface area contributed by atoms with Crippen LogP contribution in [0.1, 0.15) is 24.2 Å². The number of para-hydroxylation sites is 1. The molecule has 0 spiro atoms. The molecule has 0 aliphatic heterocycles. The quantitative estimate of drug-likeness (QED) is 0.821. The molecule has 0 aliphatic carbocycles. The maximum absolute atomic E-state index is 12.2. The van der Waals surface area contributed by atoms with Crippen molar-refractivity contribution in [3.63, 3.8) is 0 Å². The van der Waals surface area contributed by atoms with Crippen molar-refractivity contribution in [3.8, 4) is 0 Å². The van der Waals surface area contributed by atoms with Crippen molar-refractivity contribution in [1.82, 2.24) is 4.98 Å². The lowest BCUT2D eigenvalue weighted by Crippen LogP contribution is -2.35. The van der Waals surface area contributed by atoms with Crippen molar-refractivity contribution in [1.29, 1.82) is 0 Å². The van der Waals surface area contributed by atoms with Crippen LogP contribution in [0, 0.1) is 5.92 Å². The molecule has 3 heteroatoms. The highest BCUT2D eigenvalue weighted by molar-refractivity contribution is 6.09. The van der Waals surface area contributed by atoms with Gasteiger partial charge in [-0.25, -0.2) is 0 Å². The van der Waals surface area contributed by atoms with Gasteiger partial charge in [0.05, 0.1) is 11.6 Å². The van der Waals surface area contributed by atoms with Crippen LogP contribution in [0.4, 0.5) is 0 Å². The Hall–Kier alpha value is -1.74. The molecule has 1 atom stereocenters. The van der Waals surface area contributed by atoms with Gasteiger partial charge in [-0.15, -0.1) is 0 Å².